The summed E-state index contributed by atoms with van der Waals surface area (Å²) < 4.78 is 10.8. The van der Waals surface area contributed by atoms with Crippen molar-refractivity contribution in [2.24, 2.45) is 0 Å². The number of rotatable bonds is 8. The second kappa shape index (κ2) is 9.05. The number of benzene rings is 2. The summed E-state index contributed by atoms with van der Waals surface area (Å²) in [6.45, 7) is 3.00. The summed E-state index contributed by atoms with van der Waals surface area (Å²) >= 11 is 6.13. The van der Waals surface area contributed by atoms with Crippen LogP contribution in [0.15, 0.2) is 48.7 Å². The third-order valence-corrected chi connectivity index (χ3v) is 4.13. The maximum atomic E-state index is 6.13. The molecule has 0 spiro atoms. The summed E-state index contributed by atoms with van der Waals surface area (Å²) in [6, 6.07) is 13.1. The Bertz CT molecular complexity index is 890. The van der Waals surface area contributed by atoms with Crippen LogP contribution in [0.25, 0.3) is 0 Å². The zero-order valence-electron chi connectivity index (χ0n) is 15.1. The minimum Gasteiger partial charge on any atom is -0.497 e. The van der Waals surface area contributed by atoms with Gasteiger partial charge in [-0.05, 0) is 48.9 Å². The maximum absolute atomic E-state index is 6.13. The predicted molar refractivity (Wildman–Crippen MR) is 106 cm³/mol. The van der Waals surface area contributed by atoms with Gasteiger partial charge in [-0.25, -0.2) is 0 Å². The fraction of sp³-hybridized carbons (Fsp3) is 0.211. The van der Waals surface area contributed by atoms with E-state index in [9.17, 15) is 0 Å². The summed E-state index contributed by atoms with van der Waals surface area (Å²) in [5, 5.41) is 14.9. The second-order valence-electron chi connectivity index (χ2n) is 5.70. The molecular formula is C19H20ClN5O2. The molecule has 140 valence electrons. The van der Waals surface area contributed by atoms with Crippen LogP contribution in [0.2, 0.25) is 5.02 Å². The van der Waals surface area contributed by atoms with Gasteiger partial charge in [-0.15, -0.1) is 5.10 Å². The van der Waals surface area contributed by atoms with Gasteiger partial charge in [0.1, 0.15) is 18.1 Å². The lowest BCUT2D eigenvalue weighted by atomic mass is 10.2. The topological polar surface area (TPSA) is 81.2 Å². The van der Waals surface area contributed by atoms with Crippen molar-refractivity contribution in [3.8, 4) is 11.5 Å². The van der Waals surface area contributed by atoms with E-state index in [0.29, 0.717) is 29.9 Å². The van der Waals surface area contributed by atoms with Crippen LogP contribution in [-0.4, -0.2) is 35.4 Å². The smallest absolute Gasteiger partial charge is 0.249 e. The molecule has 27 heavy (non-hydrogen) atoms. The molecule has 0 aliphatic rings. The molecule has 1 heterocycles. The van der Waals surface area contributed by atoms with Gasteiger partial charge < -0.3 is 20.1 Å². The van der Waals surface area contributed by atoms with Crippen molar-refractivity contribution in [1.29, 1.82) is 0 Å². The van der Waals surface area contributed by atoms with Gasteiger partial charge in [0.15, 0.2) is 5.82 Å². The van der Waals surface area contributed by atoms with Gasteiger partial charge >= 0.3 is 0 Å². The first-order valence-electron chi connectivity index (χ1n) is 8.37. The zero-order valence-corrected chi connectivity index (χ0v) is 15.8. The normalized spacial score (nSPS) is 10.3. The molecule has 0 fully saturated rings. The van der Waals surface area contributed by atoms with Crippen molar-refractivity contribution in [1.82, 2.24) is 15.2 Å². The molecule has 7 nitrogen and oxygen atoms in total. The predicted octanol–water partition coefficient (Wildman–Crippen LogP) is 4.08. The maximum Gasteiger partial charge on any atom is 0.249 e. The molecule has 3 rings (SSSR count). The van der Waals surface area contributed by atoms with Crippen LogP contribution in [0, 0.1) is 6.92 Å². The van der Waals surface area contributed by atoms with Crippen LogP contribution < -0.4 is 20.1 Å². The summed E-state index contributed by atoms with van der Waals surface area (Å²) in [5.74, 6) is 2.56. The van der Waals surface area contributed by atoms with E-state index in [4.69, 9.17) is 21.1 Å². The van der Waals surface area contributed by atoms with E-state index in [1.54, 1.807) is 13.3 Å². The summed E-state index contributed by atoms with van der Waals surface area (Å²) in [7, 11) is 1.63. The lowest BCUT2D eigenvalue weighted by Gasteiger charge is -2.10. The van der Waals surface area contributed by atoms with E-state index in [0.717, 1.165) is 22.7 Å². The minimum absolute atomic E-state index is 0.385. The van der Waals surface area contributed by atoms with Crippen molar-refractivity contribution in [3.63, 3.8) is 0 Å². The Kier molecular flexibility index (Phi) is 6.27. The van der Waals surface area contributed by atoms with Crippen molar-refractivity contribution >= 4 is 29.1 Å². The average molecular weight is 386 g/mol. The van der Waals surface area contributed by atoms with E-state index in [-0.39, 0.29) is 0 Å². The minimum atomic E-state index is 0.385. The number of nitrogens with zero attached hydrogens (tertiary/aromatic N) is 3. The van der Waals surface area contributed by atoms with E-state index in [1.165, 1.54) is 0 Å². The molecule has 0 aliphatic carbocycles. The Morgan fingerprint density at radius 1 is 1.07 bits per heavy atom. The molecule has 3 aromatic rings. The number of halogens is 1. The van der Waals surface area contributed by atoms with Gasteiger partial charge in [0.2, 0.25) is 5.95 Å². The number of hydrogen-bond donors (Lipinski definition) is 2. The van der Waals surface area contributed by atoms with Crippen LogP contribution >= 0.6 is 11.6 Å². The summed E-state index contributed by atoms with van der Waals surface area (Å²) in [5.41, 5.74) is 1.81. The van der Waals surface area contributed by atoms with E-state index in [1.807, 2.05) is 49.4 Å². The van der Waals surface area contributed by atoms with Crippen LogP contribution in [0.1, 0.15) is 5.56 Å². The Morgan fingerprint density at radius 2 is 1.85 bits per heavy atom. The molecule has 0 saturated carbocycles. The second-order valence-corrected chi connectivity index (χ2v) is 6.11. The van der Waals surface area contributed by atoms with Crippen LogP contribution in [0.4, 0.5) is 17.5 Å². The number of ether oxygens (including phenoxy) is 2. The number of nitrogens with one attached hydrogen (secondary N) is 2. The Hall–Kier alpha value is -3.06. The van der Waals surface area contributed by atoms with Gasteiger partial charge in [0.05, 0.1) is 19.9 Å². The molecule has 1 aromatic heterocycles. The number of aryl methyl sites for hydroxylation is 1. The molecule has 0 atom stereocenters. The van der Waals surface area contributed by atoms with Gasteiger partial charge in [-0.2, -0.15) is 10.1 Å². The fourth-order valence-electron chi connectivity index (χ4n) is 2.26. The standard InChI is InChI=1S/C19H20ClN5O2/c1-13-3-4-14(11-17(13)20)23-19-24-18(12-22-25-19)21-9-10-27-16-7-5-15(26-2)6-8-16/h3-8,11-12H,9-10H2,1-2H3,(H2,21,23,24,25). The number of aromatic nitrogens is 3. The fourth-order valence-corrected chi connectivity index (χ4v) is 2.44. The highest BCUT2D eigenvalue weighted by atomic mass is 35.5. The van der Waals surface area contributed by atoms with Crippen molar-refractivity contribution in [2.75, 3.05) is 30.9 Å². The van der Waals surface area contributed by atoms with Crippen LogP contribution in [-0.2, 0) is 0 Å². The first-order valence-corrected chi connectivity index (χ1v) is 8.75. The quantitative estimate of drug-likeness (QED) is 0.565. The highest BCUT2D eigenvalue weighted by Gasteiger charge is 2.03. The van der Waals surface area contributed by atoms with Crippen molar-refractivity contribution < 1.29 is 9.47 Å². The third-order valence-electron chi connectivity index (χ3n) is 3.72. The highest BCUT2D eigenvalue weighted by molar-refractivity contribution is 6.31. The van der Waals surface area contributed by atoms with Gasteiger partial charge in [-0.1, -0.05) is 17.7 Å². The van der Waals surface area contributed by atoms with E-state index >= 15 is 0 Å². The lowest BCUT2D eigenvalue weighted by Crippen LogP contribution is -2.13. The molecule has 0 radical (unpaired) electrons. The SMILES string of the molecule is COc1ccc(OCCNc2cnnc(Nc3ccc(C)c(Cl)c3)n2)cc1. The van der Waals surface area contributed by atoms with Gasteiger partial charge in [0, 0.05) is 10.7 Å². The van der Waals surface area contributed by atoms with E-state index in [2.05, 4.69) is 25.8 Å². The molecule has 2 N–H and O–H groups in total. The number of anilines is 3. The number of hydrogen-bond acceptors (Lipinski definition) is 7. The summed E-state index contributed by atoms with van der Waals surface area (Å²) in [4.78, 5) is 4.38. The van der Waals surface area contributed by atoms with Gasteiger partial charge in [0.25, 0.3) is 0 Å². The first kappa shape index (κ1) is 18.7. The largest absolute Gasteiger partial charge is 0.497 e. The molecule has 0 aliphatic heterocycles. The third kappa shape index (κ3) is 5.46. The Balaban J connectivity index is 1.50. The molecule has 0 amide bonds. The van der Waals surface area contributed by atoms with Crippen LogP contribution in [0.5, 0.6) is 11.5 Å². The average Bonchev–Trinajstić information content (AvgIpc) is 2.69. The highest BCUT2D eigenvalue weighted by Crippen LogP contribution is 2.22. The summed E-state index contributed by atoms with van der Waals surface area (Å²) in [6.07, 6.45) is 1.56. The lowest BCUT2D eigenvalue weighted by molar-refractivity contribution is 0.331. The molecule has 0 saturated heterocycles. The Morgan fingerprint density at radius 3 is 2.59 bits per heavy atom. The van der Waals surface area contributed by atoms with Gasteiger partial charge in [-0.3, -0.25) is 0 Å². The zero-order chi connectivity index (χ0) is 19.1. The molecule has 0 unspecified atom stereocenters. The monoisotopic (exact) mass is 385 g/mol. The molecule has 2 aromatic carbocycles. The Labute approximate surface area is 162 Å². The molecule has 0 bridgehead atoms. The van der Waals surface area contributed by atoms with Crippen LogP contribution in [0.3, 0.4) is 0 Å². The number of methoxy groups -OCH3 is 1. The van der Waals surface area contributed by atoms with E-state index < -0.39 is 0 Å². The van der Waals surface area contributed by atoms with Crippen molar-refractivity contribution in [2.45, 2.75) is 6.92 Å². The molecule has 8 heteroatoms. The van der Waals surface area contributed by atoms with Crippen molar-refractivity contribution in [3.05, 3.63) is 59.2 Å². The first-order chi connectivity index (χ1) is 13.1. The molecular weight excluding hydrogens is 366 g/mol.